The summed E-state index contributed by atoms with van der Waals surface area (Å²) in [4.78, 5) is 39.6. The number of hydrogen-bond donors (Lipinski definition) is 14. The lowest BCUT2D eigenvalue weighted by molar-refractivity contribution is -0.701. The third kappa shape index (κ3) is 11.7. The number of nitrogens with two attached hydrogens (primary N) is 6. The number of esters is 3. The van der Waals surface area contributed by atoms with Crippen LogP contribution in [0.3, 0.4) is 0 Å². The second kappa shape index (κ2) is 22.6. The van der Waals surface area contributed by atoms with Gasteiger partial charge in [0, 0.05) is 17.1 Å². The Balaban J connectivity index is 1.28. The van der Waals surface area contributed by atoms with E-state index in [9.17, 15) is 55.2 Å². The zero-order valence-corrected chi connectivity index (χ0v) is 39.0. The van der Waals surface area contributed by atoms with Crippen LogP contribution < -0.4 is 33.2 Å². The molecule has 20 N–H and O–H groups in total. The van der Waals surface area contributed by atoms with E-state index in [1.54, 1.807) is 40.3 Å². The van der Waals surface area contributed by atoms with Gasteiger partial charge in [-0.05, 0) is 68.4 Å². The van der Waals surface area contributed by atoms with Crippen molar-refractivity contribution >= 4 is 35.0 Å². The number of nitrogen functional groups attached to an aromatic ring is 3. The van der Waals surface area contributed by atoms with Crippen molar-refractivity contribution in [1.82, 2.24) is 0 Å². The molecule has 3 aromatic rings. The van der Waals surface area contributed by atoms with Crippen molar-refractivity contribution in [3.05, 3.63) is 71.3 Å². The fourth-order valence-electron chi connectivity index (χ4n) is 8.87. The van der Waals surface area contributed by atoms with Gasteiger partial charge in [0.25, 0.3) is 0 Å². The lowest BCUT2D eigenvalue weighted by Gasteiger charge is -2.51. The number of hydrogen-bond acceptors (Lipinski definition) is 22. The van der Waals surface area contributed by atoms with E-state index >= 15 is 0 Å². The van der Waals surface area contributed by atoms with E-state index in [-0.39, 0.29) is 33.8 Å². The molecule has 3 fully saturated rings. The third-order valence-corrected chi connectivity index (χ3v) is 12.7. The fraction of sp³-hybridized carbons (Fsp3) is 0.533. The molecule has 3 saturated heterocycles. The van der Waals surface area contributed by atoms with E-state index in [1.807, 2.05) is 0 Å². The Bertz CT molecular complexity index is 2310. The van der Waals surface area contributed by atoms with Crippen LogP contribution in [0.4, 0.5) is 17.1 Å². The van der Waals surface area contributed by atoms with Gasteiger partial charge in [-0.15, -0.1) is 0 Å². The number of carbonyl (C=O) groups excluding carboxylic acids is 3. The number of likely N-dealkylation sites (N-methyl/N-ethyl adjacent to an activating group) is 3. The van der Waals surface area contributed by atoms with Crippen LogP contribution >= 0.6 is 0 Å². The molecule has 3 aliphatic heterocycles. The summed E-state index contributed by atoms with van der Waals surface area (Å²) in [5, 5.41) is 93.1. The van der Waals surface area contributed by atoms with Gasteiger partial charge in [0.1, 0.15) is 121 Å². The minimum absolute atomic E-state index is 0.137. The summed E-state index contributed by atoms with van der Waals surface area (Å²) in [5.41, 5.74) is 15.6. The second-order valence-electron chi connectivity index (χ2n) is 17.8. The molecule has 0 spiro atoms. The molecule has 0 bridgehead atoms. The Morgan fingerprint density at radius 2 is 0.971 bits per heavy atom. The predicted octanol–water partition coefficient (Wildman–Crippen LogP) is -5.69. The highest BCUT2D eigenvalue weighted by atomic mass is 16.7. The molecule has 0 amide bonds. The first-order chi connectivity index (χ1) is 33.1. The molecular weight excluding hydrogens is 929 g/mol. The average molecular weight is 994 g/mol. The van der Waals surface area contributed by atoms with E-state index in [0.717, 1.165) is 0 Å². The smallest absolute Gasteiger partial charge is 0.342 e. The lowest BCUT2D eigenvalue weighted by atomic mass is 9.84. The highest BCUT2D eigenvalue weighted by molar-refractivity contribution is 5.94. The molecule has 0 aromatic heterocycles. The van der Waals surface area contributed by atoms with E-state index < -0.39 is 152 Å². The summed E-state index contributed by atoms with van der Waals surface area (Å²) < 4.78 is 48.2. The summed E-state index contributed by atoms with van der Waals surface area (Å²) in [6.07, 6.45) is -17.6. The predicted molar refractivity (Wildman–Crippen MR) is 239 cm³/mol. The Morgan fingerprint density at radius 1 is 0.557 bits per heavy atom. The Morgan fingerprint density at radius 3 is 1.41 bits per heavy atom. The summed E-state index contributed by atoms with van der Waals surface area (Å²) in [6.45, 7) is 1.24. The van der Waals surface area contributed by atoms with Gasteiger partial charge in [0.15, 0.2) is 12.1 Å². The molecule has 15 atom stereocenters. The van der Waals surface area contributed by atoms with Crippen LogP contribution in [-0.2, 0) is 37.9 Å². The van der Waals surface area contributed by atoms with Gasteiger partial charge < -0.3 is 112 Å². The number of phenols is 3. The number of phenolic OH excluding ortho intramolecular Hbond substituents is 3. The third-order valence-electron chi connectivity index (χ3n) is 12.7. The molecule has 3 aliphatic rings. The first-order valence-electron chi connectivity index (χ1n) is 22.5. The van der Waals surface area contributed by atoms with Crippen molar-refractivity contribution < 1.29 is 109 Å². The second-order valence-corrected chi connectivity index (χ2v) is 17.8. The lowest BCUT2D eigenvalue weighted by Crippen LogP contribution is -2.96. The summed E-state index contributed by atoms with van der Waals surface area (Å²) in [6, 6.07) is 8.20. The van der Waals surface area contributed by atoms with Crippen molar-refractivity contribution in [3.63, 3.8) is 0 Å². The van der Waals surface area contributed by atoms with Crippen LogP contribution in [0.5, 0.6) is 17.2 Å². The number of anilines is 3. The highest BCUT2D eigenvalue weighted by Gasteiger charge is 2.59. The number of rotatable bonds is 17. The summed E-state index contributed by atoms with van der Waals surface area (Å²) >= 11 is 0. The first kappa shape index (κ1) is 53.7. The van der Waals surface area contributed by atoms with Gasteiger partial charge in [-0.3, -0.25) is 0 Å². The topological polar surface area (TPSA) is 415 Å². The van der Waals surface area contributed by atoms with Gasteiger partial charge in [0.2, 0.25) is 12.6 Å². The molecule has 25 nitrogen and oxygen atoms in total. The molecule has 0 radical (unpaired) electrons. The zero-order chi connectivity index (χ0) is 51.4. The maximum absolute atomic E-state index is 13.5. The maximum atomic E-state index is 13.5. The number of aliphatic hydroxyl groups excluding tert-OH is 5. The van der Waals surface area contributed by atoms with Gasteiger partial charge >= 0.3 is 17.9 Å². The largest absolute Gasteiger partial charge is 0.507 e. The molecule has 15 unspecified atom stereocenters. The normalized spacial score (nSPS) is 31.4. The molecule has 70 heavy (non-hydrogen) atoms. The van der Waals surface area contributed by atoms with E-state index in [1.165, 1.54) is 65.2 Å². The van der Waals surface area contributed by atoms with Gasteiger partial charge in [-0.25, -0.2) is 14.4 Å². The molecule has 3 aromatic carbocycles. The van der Waals surface area contributed by atoms with Gasteiger partial charge in [0.05, 0.1) is 26.7 Å². The average Bonchev–Trinajstić information content (AvgIpc) is 3.32. The Labute approximate surface area is 401 Å². The number of aromatic hydroxyl groups is 3. The van der Waals surface area contributed by atoms with Crippen LogP contribution in [0, 0.1) is 0 Å². The maximum Gasteiger partial charge on any atom is 0.342 e. The minimum Gasteiger partial charge on any atom is -0.507 e. The van der Waals surface area contributed by atoms with Crippen molar-refractivity contribution in [1.29, 1.82) is 0 Å². The van der Waals surface area contributed by atoms with Crippen LogP contribution in [0.2, 0.25) is 0 Å². The zero-order valence-electron chi connectivity index (χ0n) is 39.0. The number of quaternary nitrogens is 3. The number of aliphatic hydroxyl groups is 5. The molecule has 6 rings (SSSR count). The first-order valence-corrected chi connectivity index (χ1v) is 22.5. The molecule has 0 saturated carbocycles. The standard InChI is InChI=1S/C45H62N6O19/c1-45(2,70-38-29(67-43(62)31(50-4)36(38)58)17-65-42(61)23-14-20(48)8-11-26(23)54)39-30(49-3)35(57)37(28(66-39)16-64-41(60)22-13-19(47)7-10-25(22)53)69-44-32(51-5)34(56)33(55)27(68-44)15-63-40(59)21-12-18(46)6-9-24(21)52/h6-14,27-39,43-44,49-58,62H,15-17,46-48H2,1-5H3/p+3. The molecular formula is C45H65N6O19+3. The summed E-state index contributed by atoms with van der Waals surface area (Å²) in [5.74, 6) is -4.33. The Hall–Kier alpha value is -5.65. The van der Waals surface area contributed by atoms with Crippen LogP contribution in [0.15, 0.2) is 54.6 Å². The molecule has 3 heterocycles. The molecule has 0 aliphatic carbocycles. The van der Waals surface area contributed by atoms with Crippen molar-refractivity contribution in [2.24, 2.45) is 0 Å². The molecule has 25 heteroatoms. The molecule has 386 valence electrons. The number of benzene rings is 3. The van der Waals surface area contributed by atoms with Crippen molar-refractivity contribution in [2.75, 3.05) is 58.2 Å². The van der Waals surface area contributed by atoms with Crippen molar-refractivity contribution in [2.45, 2.75) is 111 Å². The quantitative estimate of drug-likeness (QED) is 0.0259. The van der Waals surface area contributed by atoms with Gasteiger partial charge in [-0.2, -0.15) is 0 Å². The minimum atomic E-state index is -1.64. The van der Waals surface area contributed by atoms with Crippen LogP contribution in [0.25, 0.3) is 0 Å². The van der Waals surface area contributed by atoms with Gasteiger partial charge in [-0.1, -0.05) is 0 Å². The SMILES string of the molecule is C[NH2+]C1C(O)OC(COC(=O)c2cc(N)ccc2O)C(OC(C)(C)C2OC(COC(=O)c3cc(N)ccc3O)C(OC3OC(COC(=O)c4cc(N)ccc4O)C(O)C(O)C3[NH2+]C)C(O)C2[NH2+]C)C1O. The number of carbonyl (C=O) groups is 3. The monoisotopic (exact) mass is 993 g/mol. The van der Waals surface area contributed by atoms with Crippen LogP contribution in [-0.4, -0.2) is 197 Å². The summed E-state index contributed by atoms with van der Waals surface area (Å²) in [7, 11) is 4.77. The highest BCUT2D eigenvalue weighted by Crippen LogP contribution is 2.36. The van der Waals surface area contributed by atoms with Crippen LogP contribution in [0.1, 0.15) is 44.9 Å². The Kier molecular flexibility index (Phi) is 17.3. The van der Waals surface area contributed by atoms with Crippen molar-refractivity contribution in [3.8, 4) is 17.2 Å². The van der Waals surface area contributed by atoms with E-state index in [4.69, 9.17) is 55.1 Å². The number of ether oxygens (including phenoxy) is 8. The van der Waals surface area contributed by atoms with E-state index in [0.29, 0.717) is 0 Å². The van der Waals surface area contributed by atoms with E-state index in [2.05, 4.69) is 0 Å². The fourth-order valence-corrected chi connectivity index (χ4v) is 8.87.